The second kappa shape index (κ2) is 5.15. The first-order valence-electron chi connectivity index (χ1n) is 5.37. The van der Waals surface area contributed by atoms with Gasteiger partial charge in [-0.15, -0.1) is 0 Å². The van der Waals surface area contributed by atoms with E-state index < -0.39 is 5.82 Å². The lowest BCUT2D eigenvalue weighted by Crippen LogP contribution is -2.43. The Morgan fingerprint density at radius 1 is 1.41 bits per heavy atom. The van der Waals surface area contributed by atoms with Crippen LogP contribution in [0.25, 0.3) is 0 Å². The molecule has 0 fully saturated rings. The lowest BCUT2D eigenvalue weighted by atomic mass is 10.1. The highest BCUT2D eigenvalue weighted by molar-refractivity contribution is 5.43. The smallest absolute Gasteiger partial charge is 0.144 e. The molecule has 0 N–H and O–H groups in total. The number of benzene rings is 1. The van der Waals surface area contributed by atoms with Gasteiger partial charge in [0.2, 0.25) is 0 Å². The fourth-order valence-electron chi connectivity index (χ4n) is 1.12. The van der Waals surface area contributed by atoms with Gasteiger partial charge < -0.3 is 9.64 Å². The van der Waals surface area contributed by atoms with Gasteiger partial charge in [-0.3, -0.25) is 0 Å². The number of nitrogens with zero attached hydrogens (tertiary/aromatic N) is 2. The molecule has 1 aromatic carbocycles. The first-order valence-corrected chi connectivity index (χ1v) is 5.37. The van der Waals surface area contributed by atoms with Crippen molar-refractivity contribution >= 4 is 0 Å². The summed E-state index contributed by atoms with van der Waals surface area (Å²) in [6.07, 6.45) is 0. The fraction of sp³-hybridized carbons (Fsp3) is 0.462. The molecule has 0 unspecified atom stereocenters. The molecule has 0 aliphatic heterocycles. The van der Waals surface area contributed by atoms with E-state index in [1.807, 2.05) is 38.9 Å². The third kappa shape index (κ3) is 3.18. The predicted molar refractivity (Wildman–Crippen MR) is 64.4 cm³/mol. The zero-order valence-corrected chi connectivity index (χ0v) is 10.6. The molecule has 0 heterocycles. The summed E-state index contributed by atoms with van der Waals surface area (Å²) in [5.41, 5.74) is -0.221. The number of likely N-dealkylation sites (N-methyl/N-ethyl adjacent to an activating group) is 1. The molecule has 17 heavy (non-hydrogen) atoms. The Balaban J connectivity index is 2.84. The summed E-state index contributed by atoms with van der Waals surface area (Å²) in [7, 11) is 3.89. The Morgan fingerprint density at radius 3 is 2.59 bits per heavy atom. The van der Waals surface area contributed by atoms with Gasteiger partial charge >= 0.3 is 0 Å². The third-order valence-corrected chi connectivity index (χ3v) is 2.88. The number of halogens is 1. The van der Waals surface area contributed by atoms with E-state index >= 15 is 0 Å². The van der Waals surface area contributed by atoms with E-state index in [1.54, 1.807) is 6.07 Å². The van der Waals surface area contributed by atoms with Crippen molar-refractivity contribution in [1.82, 2.24) is 4.90 Å². The summed E-state index contributed by atoms with van der Waals surface area (Å²) in [5.74, 6) is -0.255. The summed E-state index contributed by atoms with van der Waals surface area (Å²) < 4.78 is 18.8. The van der Waals surface area contributed by atoms with Crippen LogP contribution in [0, 0.1) is 17.1 Å². The van der Waals surface area contributed by atoms with Gasteiger partial charge in [-0.05, 0) is 40.1 Å². The van der Waals surface area contributed by atoms with Crippen LogP contribution in [0.2, 0.25) is 0 Å². The normalized spacial score (nSPS) is 11.4. The molecule has 0 saturated carbocycles. The van der Waals surface area contributed by atoms with Crippen molar-refractivity contribution in [2.45, 2.75) is 19.4 Å². The Morgan fingerprint density at radius 2 is 2.06 bits per heavy atom. The predicted octanol–water partition coefficient (Wildman–Crippen LogP) is 2.42. The largest absolute Gasteiger partial charge is 0.490 e. The monoisotopic (exact) mass is 236 g/mol. The van der Waals surface area contributed by atoms with Crippen LogP contribution in [-0.4, -0.2) is 31.1 Å². The lowest BCUT2D eigenvalue weighted by molar-refractivity contribution is 0.113. The number of rotatable bonds is 4. The van der Waals surface area contributed by atoms with Crippen LogP contribution < -0.4 is 4.74 Å². The van der Waals surface area contributed by atoms with Crippen LogP contribution in [0.1, 0.15) is 19.4 Å². The highest BCUT2D eigenvalue weighted by atomic mass is 19.1. The maximum absolute atomic E-state index is 13.3. The highest BCUT2D eigenvalue weighted by Gasteiger charge is 2.22. The van der Waals surface area contributed by atoms with Gasteiger partial charge in [-0.1, -0.05) is 6.07 Å². The van der Waals surface area contributed by atoms with E-state index in [2.05, 4.69) is 0 Å². The summed E-state index contributed by atoms with van der Waals surface area (Å²) in [5, 5.41) is 8.86. The average Bonchev–Trinajstić information content (AvgIpc) is 2.26. The molecule has 92 valence electrons. The number of ether oxygens (including phenoxy) is 1. The molecule has 0 bridgehead atoms. The summed E-state index contributed by atoms with van der Waals surface area (Å²) in [4.78, 5) is 2.01. The number of hydrogen-bond acceptors (Lipinski definition) is 3. The van der Waals surface area contributed by atoms with E-state index in [0.717, 1.165) is 0 Å². The second-order valence-electron chi connectivity index (χ2n) is 4.72. The van der Waals surface area contributed by atoms with Crippen molar-refractivity contribution in [2.75, 3.05) is 20.7 Å². The zero-order chi connectivity index (χ0) is 13.1. The number of hydrogen-bond donors (Lipinski definition) is 0. The molecule has 0 saturated heterocycles. The summed E-state index contributed by atoms with van der Waals surface area (Å²) in [6, 6.07) is 6.21. The van der Waals surface area contributed by atoms with Gasteiger partial charge in [-0.2, -0.15) is 5.26 Å². The van der Waals surface area contributed by atoms with Crippen molar-refractivity contribution in [3.63, 3.8) is 0 Å². The van der Waals surface area contributed by atoms with E-state index in [-0.39, 0.29) is 11.1 Å². The van der Waals surface area contributed by atoms with Crippen LogP contribution in [0.15, 0.2) is 18.2 Å². The van der Waals surface area contributed by atoms with Crippen molar-refractivity contribution in [3.8, 4) is 11.8 Å². The van der Waals surface area contributed by atoms with Crippen molar-refractivity contribution in [1.29, 1.82) is 5.26 Å². The Kier molecular flexibility index (Phi) is 4.08. The van der Waals surface area contributed by atoms with Gasteiger partial charge in [-0.25, -0.2) is 4.39 Å². The zero-order valence-electron chi connectivity index (χ0n) is 10.6. The van der Waals surface area contributed by atoms with E-state index in [0.29, 0.717) is 12.4 Å². The third-order valence-electron chi connectivity index (χ3n) is 2.88. The minimum absolute atomic E-state index is 0.0398. The molecular weight excluding hydrogens is 219 g/mol. The lowest BCUT2D eigenvalue weighted by Gasteiger charge is -2.32. The first kappa shape index (κ1) is 13.5. The van der Waals surface area contributed by atoms with E-state index in [4.69, 9.17) is 10.00 Å². The quantitative estimate of drug-likeness (QED) is 0.805. The van der Waals surface area contributed by atoms with Crippen molar-refractivity contribution < 1.29 is 9.13 Å². The minimum atomic E-state index is -0.548. The Hall–Kier alpha value is -1.60. The van der Waals surface area contributed by atoms with Gasteiger partial charge in [0.25, 0.3) is 0 Å². The highest BCUT2D eigenvalue weighted by Crippen LogP contribution is 2.22. The molecule has 1 rings (SSSR count). The molecular formula is C13H17FN2O. The molecule has 0 radical (unpaired) electrons. The molecule has 0 aliphatic carbocycles. The molecule has 0 atom stereocenters. The Labute approximate surface area is 101 Å². The van der Waals surface area contributed by atoms with Crippen molar-refractivity contribution in [2.24, 2.45) is 0 Å². The average molecular weight is 236 g/mol. The van der Waals surface area contributed by atoms with Crippen LogP contribution in [0.4, 0.5) is 4.39 Å². The van der Waals surface area contributed by atoms with Gasteiger partial charge in [0.15, 0.2) is 0 Å². The van der Waals surface area contributed by atoms with Gasteiger partial charge in [0, 0.05) is 5.54 Å². The van der Waals surface area contributed by atoms with Crippen LogP contribution in [0.5, 0.6) is 5.75 Å². The minimum Gasteiger partial charge on any atom is -0.490 e. The molecule has 3 nitrogen and oxygen atoms in total. The molecule has 1 aromatic rings. The summed E-state index contributed by atoms with van der Waals surface area (Å²) >= 11 is 0. The standard InChI is InChI=1S/C13H17FN2O/c1-13(2,16(3)4)9-17-12-7-5-6-11(14)10(12)8-15/h5-7H,9H2,1-4H3. The Bertz CT molecular complexity index is 436. The van der Waals surface area contributed by atoms with Crippen LogP contribution >= 0.6 is 0 Å². The maximum Gasteiger partial charge on any atom is 0.144 e. The fourth-order valence-corrected chi connectivity index (χ4v) is 1.12. The SMILES string of the molecule is CN(C)C(C)(C)COc1cccc(F)c1C#N. The van der Waals surface area contributed by atoms with E-state index in [9.17, 15) is 4.39 Å². The molecule has 4 heteroatoms. The molecule has 0 spiro atoms. The van der Waals surface area contributed by atoms with Crippen LogP contribution in [0.3, 0.4) is 0 Å². The maximum atomic E-state index is 13.3. The van der Waals surface area contributed by atoms with Crippen LogP contribution in [-0.2, 0) is 0 Å². The van der Waals surface area contributed by atoms with E-state index in [1.165, 1.54) is 12.1 Å². The molecule has 0 aromatic heterocycles. The molecule has 0 aliphatic rings. The van der Waals surface area contributed by atoms with Gasteiger partial charge in [0.1, 0.15) is 29.8 Å². The summed E-state index contributed by atoms with van der Waals surface area (Å²) in [6.45, 7) is 4.41. The van der Waals surface area contributed by atoms with Crippen molar-refractivity contribution in [3.05, 3.63) is 29.6 Å². The topological polar surface area (TPSA) is 36.3 Å². The second-order valence-corrected chi connectivity index (χ2v) is 4.72. The molecule has 0 amide bonds. The first-order chi connectivity index (χ1) is 7.88. The number of nitriles is 1. The van der Waals surface area contributed by atoms with Gasteiger partial charge in [0.05, 0.1) is 0 Å².